The zero-order valence-electron chi connectivity index (χ0n) is 17.5. The van der Waals surface area contributed by atoms with E-state index in [-0.39, 0.29) is 23.8 Å². The minimum absolute atomic E-state index is 0.0171. The van der Waals surface area contributed by atoms with Gasteiger partial charge in [0.15, 0.2) is 0 Å². The zero-order valence-corrected chi connectivity index (χ0v) is 18.3. The summed E-state index contributed by atoms with van der Waals surface area (Å²) in [6.07, 6.45) is 4.46. The topological polar surface area (TPSA) is 81.8 Å². The van der Waals surface area contributed by atoms with Gasteiger partial charge in [-0.1, -0.05) is 23.7 Å². The van der Waals surface area contributed by atoms with Crippen LogP contribution >= 0.6 is 11.6 Å². The summed E-state index contributed by atoms with van der Waals surface area (Å²) in [5, 5.41) is 6.16. The molecule has 0 saturated carbocycles. The molecule has 1 aromatic carbocycles. The molecular weight excluding hydrogens is 404 g/mol. The molecule has 0 unspecified atom stereocenters. The number of nitrogens with zero attached hydrogens (tertiary/aromatic N) is 2. The quantitative estimate of drug-likeness (QED) is 0.747. The van der Waals surface area contributed by atoms with E-state index in [0.717, 1.165) is 32.4 Å². The molecular formula is C22H31ClN4O3. The van der Waals surface area contributed by atoms with Crippen LogP contribution in [0.15, 0.2) is 24.3 Å². The number of urea groups is 1. The highest BCUT2D eigenvalue weighted by atomic mass is 35.5. The summed E-state index contributed by atoms with van der Waals surface area (Å²) in [6, 6.07) is 6.18. The predicted molar refractivity (Wildman–Crippen MR) is 117 cm³/mol. The molecule has 2 aliphatic rings. The van der Waals surface area contributed by atoms with E-state index in [2.05, 4.69) is 10.6 Å². The number of hydrogen-bond acceptors (Lipinski definition) is 3. The maximum atomic E-state index is 13.4. The maximum absolute atomic E-state index is 13.4. The fraction of sp³-hybridized carbons (Fsp3) is 0.591. The van der Waals surface area contributed by atoms with E-state index in [0.29, 0.717) is 43.1 Å². The number of benzene rings is 1. The van der Waals surface area contributed by atoms with Crippen molar-refractivity contribution in [3.05, 3.63) is 34.9 Å². The van der Waals surface area contributed by atoms with Gasteiger partial charge in [0, 0.05) is 32.7 Å². The van der Waals surface area contributed by atoms with Gasteiger partial charge in [0.1, 0.15) is 6.04 Å². The van der Waals surface area contributed by atoms with Gasteiger partial charge in [-0.3, -0.25) is 9.59 Å². The lowest BCUT2D eigenvalue weighted by Crippen LogP contribution is -2.56. The average molecular weight is 435 g/mol. The van der Waals surface area contributed by atoms with Gasteiger partial charge in [0.05, 0.1) is 10.6 Å². The largest absolute Gasteiger partial charge is 0.341 e. The minimum atomic E-state index is -0.608. The average Bonchev–Trinajstić information content (AvgIpc) is 2.78. The molecule has 30 heavy (non-hydrogen) atoms. The number of halogens is 1. The molecule has 1 aromatic rings. The van der Waals surface area contributed by atoms with Crippen molar-refractivity contribution in [1.29, 1.82) is 0 Å². The van der Waals surface area contributed by atoms with Crippen LogP contribution in [-0.2, 0) is 4.79 Å². The van der Waals surface area contributed by atoms with Gasteiger partial charge >= 0.3 is 6.03 Å². The van der Waals surface area contributed by atoms with Gasteiger partial charge in [-0.2, -0.15) is 0 Å². The normalized spacial score (nSPS) is 18.6. The zero-order chi connectivity index (χ0) is 21.5. The Morgan fingerprint density at radius 2 is 1.70 bits per heavy atom. The second-order valence-corrected chi connectivity index (χ2v) is 8.38. The van der Waals surface area contributed by atoms with Gasteiger partial charge in [-0.15, -0.1) is 0 Å². The van der Waals surface area contributed by atoms with Crippen molar-refractivity contribution in [3.63, 3.8) is 0 Å². The monoisotopic (exact) mass is 434 g/mol. The van der Waals surface area contributed by atoms with Crippen molar-refractivity contribution in [3.8, 4) is 0 Å². The number of rotatable bonds is 5. The van der Waals surface area contributed by atoms with Gasteiger partial charge in [-0.25, -0.2) is 4.79 Å². The molecule has 164 valence electrons. The first-order valence-corrected chi connectivity index (χ1v) is 11.3. The number of likely N-dealkylation sites (tertiary alicyclic amines) is 2. The Morgan fingerprint density at radius 3 is 2.33 bits per heavy atom. The van der Waals surface area contributed by atoms with Crippen molar-refractivity contribution >= 4 is 29.4 Å². The molecule has 2 saturated heterocycles. The molecule has 2 aliphatic heterocycles. The van der Waals surface area contributed by atoms with E-state index < -0.39 is 6.04 Å². The highest BCUT2D eigenvalue weighted by Crippen LogP contribution is 2.24. The highest BCUT2D eigenvalue weighted by Gasteiger charge is 2.36. The van der Waals surface area contributed by atoms with Crippen molar-refractivity contribution in [2.75, 3.05) is 32.7 Å². The minimum Gasteiger partial charge on any atom is -0.341 e. The lowest BCUT2D eigenvalue weighted by molar-refractivity contribution is -0.136. The summed E-state index contributed by atoms with van der Waals surface area (Å²) in [7, 11) is 0. The molecule has 1 atom stereocenters. The molecule has 4 amide bonds. The predicted octanol–water partition coefficient (Wildman–Crippen LogP) is 2.89. The smallest absolute Gasteiger partial charge is 0.317 e. The Kier molecular flexibility index (Phi) is 7.96. The molecule has 2 N–H and O–H groups in total. The molecule has 3 rings (SSSR count). The number of carbonyl (C=O) groups excluding carboxylic acids is 3. The Bertz CT molecular complexity index is 759. The van der Waals surface area contributed by atoms with Crippen LogP contribution in [0.4, 0.5) is 4.79 Å². The van der Waals surface area contributed by atoms with Crippen molar-refractivity contribution < 1.29 is 14.4 Å². The number of amides is 4. The summed E-state index contributed by atoms with van der Waals surface area (Å²) in [4.78, 5) is 42.0. The molecule has 0 aromatic heterocycles. The van der Waals surface area contributed by atoms with Crippen LogP contribution in [0.5, 0.6) is 0 Å². The second-order valence-electron chi connectivity index (χ2n) is 7.98. The summed E-state index contributed by atoms with van der Waals surface area (Å²) in [5.74, 6) is -0.370. The Morgan fingerprint density at radius 1 is 1.03 bits per heavy atom. The molecule has 8 heteroatoms. The van der Waals surface area contributed by atoms with E-state index in [9.17, 15) is 14.4 Å². The van der Waals surface area contributed by atoms with Crippen molar-refractivity contribution in [2.24, 2.45) is 5.92 Å². The van der Waals surface area contributed by atoms with Gasteiger partial charge in [0.25, 0.3) is 5.91 Å². The molecule has 0 radical (unpaired) electrons. The Balaban J connectivity index is 1.73. The van der Waals surface area contributed by atoms with Crippen LogP contribution in [-0.4, -0.2) is 66.4 Å². The lowest BCUT2D eigenvalue weighted by Gasteiger charge is -2.38. The van der Waals surface area contributed by atoms with Gasteiger partial charge < -0.3 is 20.4 Å². The molecule has 2 heterocycles. The van der Waals surface area contributed by atoms with E-state index in [1.54, 1.807) is 29.2 Å². The second kappa shape index (κ2) is 10.7. The third kappa shape index (κ3) is 5.45. The molecule has 7 nitrogen and oxygen atoms in total. The van der Waals surface area contributed by atoms with Crippen molar-refractivity contribution in [2.45, 2.75) is 45.1 Å². The number of carbonyl (C=O) groups is 3. The third-order valence-corrected chi connectivity index (χ3v) is 6.29. The van der Waals surface area contributed by atoms with E-state index in [4.69, 9.17) is 11.6 Å². The summed E-state index contributed by atoms with van der Waals surface area (Å²) < 4.78 is 0. The van der Waals surface area contributed by atoms with Gasteiger partial charge in [0.2, 0.25) is 5.91 Å². The lowest BCUT2D eigenvalue weighted by atomic mass is 9.88. The first-order valence-electron chi connectivity index (χ1n) is 10.9. The van der Waals surface area contributed by atoms with Crippen LogP contribution < -0.4 is 10.6 Å². The Hall–Kier alpha value is -2.28. The third-order valence-electron chi connectivity index (χ3n) is 5.97. The van der Waals surface area contributed by atoms with Crippen LogP contribution in [0.3, 0.4) is 0 Å². The summed E-state index contributed by atoms with van der Waals surface area (Å²) in [6.45, 7) is 5.08. The van der Waals surface area contributed by atoms with Crippen LogP contribution in [0.25, 0.3) is 0 Å². The van der Waals surface area contributed by atoms with E-state index >= 15 is 0 Å². The van der Waals surface area contributed by atoms with Crippen molar-refractivity contribution in [1.82, 2.24) is 20.4 Å². The van der Waals surface area contributed by atoms with Crippen LogP contribution in [0, 0.1) is 5.92 Å². The van der Waals surface area contributed by atoms with E-state index in [1.807, 2.05) is 11.8 Å². The SMILES string of the molecule is CCNC(=O)N1CCC([C@@H](NC(=O)c2ccccc2Cl)C(=O)N2CCCCC2)CC1. The van der Waals surface area contributed by atoms with Crippen LogP contribution in [0.2, 0.25) is 5.02 Å². The molecule has 2 fully saturated rings. The maximum Gasteiger partial charge on any atom is 0.317 e. The summed E-state index contributed by atoms with van der Waals surface area (Å²) >= 11 is 6.19. The number of hydrogen-bond donors (Lipinski definition) is 2. The Labute approximate surface area is 183 Å². The van der Waals surface area contributed by atoms with Crippen LogP contribution in [0.1, 0.15) is 49.4 Å². The number of nitrogens with one attached hydrogen (secondary N) is 2. The fourth-order valence-electron chi connectivity index (χ4n) is 4.26. The number of piperidine rings is 2. The molecule has 0 bridgehead atoms. The molecule has 0 spiro atoms. The first-order chi connectivity index (χ1) is 14.5. The molecule has 0 aliphatic carbocycles. The highest BCUT2D eigenvalue weighted by molar-refractivity contribution is 6.33. The fourth-order valence-corrected chi connectivity index (χ4v) is 4.48. The first kappa shape index (κ1) is 22.4. The van der Waals surface area contributed by atoms with Gasteiger partial charge in [-0.05, 0) is 57.1 Å². The summed E-state index contributed by atoms with van der Waals surface area (Å²) in [5.41, 5.74) is 0.371. The van der Waals surface area contributed by atoms with E-state index in [1.165, 1.54) is 0 Å². The standard InChI is InChI=1S/C22H31ClN4O3/c1-2-24-22(30)27-14-10-16(11-15-27)19(21(29)26-12-6-3-7-13-26)25-20(28)17-8-4-5-9-18(17)23/h4-5,8-9,16,19H,2-3,6-7,10-15H2,1H3,(H,24,30)(H,25,28)/t19-/m1/s1.